The van der Waals surface area contributed by atoms with Gasteiger partial charge in [0.2, 0.25) is 0 Å². The number of rotatable bonds is 8. The molecule has 0 unspecified atom stereocenters. The highest BCUT2D eigenvalue weighted by Gasteiger charge is 2.32. The predicted molar refractivity (Wildman–Crippen MR) is 643 cm³/mol. The minimum atomic E-state index is -0.0226. The van der Waals surface area contributed by atoms with E-state index in [-0.39, 0.29) is 75.8 Å². The third kappa shape index (κ3) is 32.5. The number of hydrogen-bond donors (Lipinski definition) is 0. The highest BCUT2D eigenvalue weighted by molar-refractivity contribution is 5.84. The third-order valence-electron chi connectivity index (χ3n) is 27.9. The summed E-state index contributed by atoms with van der Waals surface area (Å²) in [5.41, 5.74) is 47.6. The van der Waals surface area contributed by atoms with Crippen molar-refractivity contribution in [3.63, 3.8) is 0 Å². The van der Waals surface area contributed by atoms with Gasteiger partial charge in [-0.3, -0.25) is 0 Å². The maximum absolute atomic E-state index is 2.44. The van der Waals surface area contributed by atoms with Crippen molar-refractivity contribution >= 4 is 0 Å². The Morgan fingerprint density at radius 3 is 0.451 bits per heavy atom. The minimum Gasteiger partial charge on any atom is -0.0622 e. The van der Waals surface area contributed by atoms with Crippen molar-refractivity contribution < 1.29 is 0 Å². The normalized spacial score (nSPS) is 12.7. The number of hydrogen-bond acceptors (Lipinski definition) is 0. The molecule has 0 bridgehead atoms. The summed E-state index contributed by atoms with van der Waals surface area (Å²) in [4.78, 5) is 0. The standard InChI is InChI=1S/C38H54.2C30H38.C22H22.2C12H18/c1-34(2,3)27-19-25(20-28(23-27)35(4,5)6)31-17-16-18-32(33(31)38(13,14)15)26-21-29(36(7,8)9)24-30(22-26)37(10,11)12;1-28(2,3)25-14-10-21(11-15-25)23-18-24(20-27(19-23)30(7,8)9)22-12-16-26(17-13-22)29(4,5)6;1-28(2,3)23-17-13-21(14-18-23)25-11-10-12-26(27(25)30(7,8)9)22-15-19-24(20-16-22)29(4,5)6;1-22(2,3)21-15-19(17-10-6-4-7-11-17)14-20(16-21)18-12-8-5-9-13-18;2*1-9-6-10(2)8-11(7-9)12(3,4)5/h16-24H,1-15H3;2*10-20H,1-9H3;4-16H,1-3H3;2*6-8H,1-5H3. The average molecular weight is 1920 g/mol. The van der Waals surface area contributed by atoms with Crippen molar-refractivity contribution in [2.24, 2.45) is 0 Å². The molecule has 0 saturated heterocycles. The second-order valence-electron chi connectivity index (χ2n) is 55.9. The van der Waals surface area contributed by atoms with Gasteiger partial charge in [-0.15, -0.1) is 0 Å². The lowest BCUT2D eigenvalue weighted by atomic mass is 9.73. The van der Waals surface area contributed by atoms with Crippen molar-refractivity contribution in [2.45, 2.75) is 394 Å². The van der Waals surface area contributed by atoms with E-state index in [9.17, 15) is 0 Å². The molecule has 0 amide bonds. The monoisotopic (exact) mass is 1920 g/mol. The van der Waals surface area contributed by atoms with Crippen LogP contribution in [-0.4, -0.2) is 0 Å². The quantitative estimate of drug-likeness (QED) is 0.142. The van der Waals surface area contributed by atoms with Crippen molar-refractivity contribution in [2.75, 3.05) is 0 Å². The van der Waals surface area contributed by atoms with Crippen molar-refractivity contribution in [3.05, 3.63) is 403 Å². The zero-order valence-electron chi connectivity index (χ0n) is 98.9. The average Bonchev–Trinajstić information content (AvgIpc) is 0.749. The van der Waals surface area contributed by atoms with Crippen molar-refractivity contribution in [3.8, 4) is 89.0 Å². The van der Waals surface area contributed by atoms with Crippen LogP contribution in [0.25, 0.3) is 89.0 Å². The van der Waals surface area contributed by atoms with E-state index in [1.807, 2.05) is 0 Å². The molecule has 0 aliphatic carbocycles. The second kappa shape index (κ2) is 44.8. The lowest BCUT2D eigenvalue weighted by molar-refractivity contribution is 0.568. The molecule has 0 nitrogen and oxygen atoms in total. The highest BCUT2D eigenvalue weighted by atomic mass is 14.4. The van der Waals surface area contributed by atoms with Gasteiger partial charge in [0.05, 0.1) is 0 Å². The zero-order valence-corrected chi connectivity index (χ0v) is 98.9. The Morgan fingerprint density at radius 1 is 0.104 bits per heavy atom. The Morgan fingerprint density at radius 2 is 0.264 bits per heavy atom. The topological polar surface area (TPSA) is 0 Å². The third-order valence-corrected chi connectivity index (χ3v) is 27.9. The Hall–Kier alpha value is -10.9. The van der Waals surface area contributed by atoms with E-state index in [0.717, 1.165) is 0 Å². The van der Waals surface area contributed by atoms with Crippen LogP contribution in [-0.2, 0) is 75.8 Å². The van der Waals surface area contributed by atoms with Crippen molar-refractivity contribution in [1.82, 2.24) is 0 Å². The molecular formula is C144H188. The molecular weight excluding hydrogens is 1730 g/mol. The number of aryl methyl sites for hydroxylation is 4. The van der Waals surface area contributed by atoms with E-state index in [1.165, 1.54) is 189 Å². The first-order valence-electron chi connectivity index (χ1n) is 53.5. The van der Waals surface area contributed by atoms with Crippen molar-refractivity contribution in [1.29, 1.82) is 0 Å². The minimum absolute atomic E-state index is 0.0226. The fraction of sp³-hybridized carbons (Fsp3) is 0.417. The second-order valence-corrected chi connectivity index (χ2v) is 55.9. The van der Waals surface area contributed by atoms with Crippen LogP contribution in [0, 0.1) is 27.7 Å². The predicted octanol–water partition coefficient (Wildman–Crippen LogP) is 42.9. The van der Waals surface area contributed by atoms with Gasteiger partial charge in [-0.25, -0.2) is 0 Å². The van der Waals surface area contributed by atoms with Gasteiger partial charge < -0.3 is 0 Å². The molecule has 0 saturated carbocycles. The Labute approximate surface area is 880 Å². The van der Waals surface area contributed by atoms with Gasteiger partial charge in [0, 0.05) is 0 Å². The van der Waals surface area contributed by atoms with Gasteiger partial charge >= 0.3 is 0 Å². The van der Waals surface area contributed by atoms with Crippen LogP contribution < -0.4 is 0 Å². The smallest absolute Gasteiger partial charge is 0.0120 e. The molecule has 0 radical (unpaired) electrons. The van der Waals surface area contributed by atoms with Gasteiger partial charge in [-0.05, 0) is 283 Å². The van der Waals surface area contributed by atoms with E-state index in [1.54, 1.807) is 0 Å². The molecule has 0 aromatic heterocycles. The first-order chi connectivity index (χ1) is 65.8. The summed E-state index contributed by atoms with van der Waals surface area (Å²) in [6, 6.07) is 114. The Bertz CT molecular complexity index is 6110. The molecule has 14 aromatic rings. The van der Waals surface area contributed by atoms with Gasteiger partial charge in [-0.1, -0.05) is 604 Å². The van der Waals surface area contributed by atoms with Gasteiger partial charge in [0.25, 0.3) is 0 Å². The van der Waals surface area contributed by atoms with E-state index in [0.29, 0.717) is 0 Å². The van der Waals surface area contributed by atoms with Crippen LogP contribution in [0.15, 0.2) is 303 Å². The van der Waals surface area contributed by atoms with E-state index < -0.39 is 0 Å². The summed E-state index contributed by atoms with van der Waals surface area (Å²) < 4.78 is 0. The van der Waals surface area contributed by atoms with Crippen LogP contribution in [0.3, 0.4) is 0 Å². The first-order valence-corrected chi connectivity index (χ1v) is 53.5. The fourth-order valence-electron chi connectivity index (χ4n) is 18.5. The molecule has 0 spiro atoms. The molecule has 764 valence electrons. The van der Waals surface area contributed by atoms with Crippen LogP contribution in [0.5, 0.6) is 0 Å². The van der Waals surface area contributed by atoms with Crippen LogP contribution >= 0.6 is 0 Å². The van der Waals surface area contributed by atoms with Crippen LogP contribution in [0.4, 0.5) is 0 Å². The summed E-state index contributed by atoms with van der Waals surface area (Å²) in [5.74, 6) is 0. The van der Waals surface area contributed by atoms with Crippen LogP contribution in [0.2, 0.25) is 0 Å². The SMILES string of the molecule is CC(C)(C)c1cc(-c2cccc(-c3cc(C(C)(C)C)cc(C(C)(C)C)c3)c2C(C)(C)C)cc(C(C)(C)C)c1.CC(C)(C)c1cc(-c2ccccc2)cc(-c2ccccc2)c1.CC(C)(C)c1ccc(-c2cc(-c3ccc(C(C)(C)C)cc3)cc(C(C)(C)C)c2)cc1.CC(C)(C)c1ccc(-c2cccc(-c3ccc(C(C)(C)C)cc3)c2C(C)(C)C)cc1.Cc1cc(C)cc(C(C)(C)C)c1.Cc1cc(C)cc(C(C)(C)C)c1. The molecule has 14 aromatic carbocycles. The lowest BCUT2D eigenvalue weighted by Crippen LogP contribution is -2.19. The Kier molecular flexibility index (Phi) is 36.3. The lowest BCUT2D eigenvalue weighted by Gasteiger charge is -2.31. The molecule has 0 heteroatoms. The highest BCUT2D eigenvalue weighted by Crippen LogP contribution is 2.48. The first kappa shape index (κ1) is 117. The summed E-state index contributed by atoms with van der Waals surface area (Å²) in [7, 11) is 0. The molecule has 0 N–H and O–H groups in total. The van der Waals surface area contributed by atoms with E-state index >= 15 is 0 Å². The maximum atomic E-state index is 2.44. The summed E-state index contributed by atoms with van der Waals surface area (Å²) in [6.45, 7) is 105. The summed E-state index contributed by atoms with van der Waals surface area (Å²) >= 11 is 0. The largest absolute Gasteiger partial charge is 0.0622 e. The van der Waals surface area contributed by atoms with E-state index in [2.05, 4.69) is 622 Å². The van der Waals surface area contributed by atoms with Gasteiger partial charge in [-0.2, -0.15) is 0 Å². The molecule has 0 heterocycles. The van der Waals surface area contributed by atoms with Gasteiger partial charge in [0.1, 0.15) is 0 Å². The summed E-state index contributed by atoms with van der Waals surface area (Å²) in [5, 5.41) is 0. The van der Waals surface area contributed by atoms with E-state index in [4.69, 9.17) is 0 Å². The van der Waals surface area contributed by atoms with Crippen LogP contribution in [0.1, 0.15) is 391 Å². The fourth-order valence-corrected chi connectivity index (χ4v) is 18.5. The summed E-state index contributed by atoms with van der Waals surface area (Å²) in [6.07, 6.45) is 0. The maximum Gasteiger partial charge on any atom is -0.0120 e. The Balaban J connectivity index is 0.000000200. The molecule has 14 rings (SSSR count). The molecule has 144 heavy (non-hydrogen) atoms. The molecule has 0 aliphatic heterocycles. The molecule has 0 aliphatic rings. The molecule has 0 atom stereocenters. The molecule has 0 fully saturated rings. The van der Waals surface area contributed by atoms with Gasteiger partial charge in [0.15, 0.2) is 0 Å². The zero-order chi connectivity index (χ0) is 108. The number of benzene rings is 14.